The molecular weight excluding hydrogens is 248 g/mol. The molecule has 0 saturated carbocycles. The van der Waals surface area contributed by atoms with E-state index in [1.54, 1.807) is 12.4 Å². The first-order chi connectivity index (χ1) is 9.84. The van der Waals surface area contributed by atoms with Crippen molar-refractivity contribution in [3.63, 3.8) is 0 Å². The normalized spacial score (nSPS) is 11.6. The summed E-state index contributed by atoms with van der Waals surface area (Å²) in [5.74, 6) is 0.749. The number of fused-ring (bicyclic) bond motifs is 1. The zero-order valence-corrected chi connectivity index (χ0v) is 11.1. The van der Waals surface area contributed by atoms with Crippen LogP contribution in [0.1, 0.15) is 12.6 Å². The lowest BCUT2D eigenvalue weighted by molar-refractivity contribution is 1.22. The fourth-order valence-corrected chi connectivity index (χ4v) is 1.98. The van der Waals surface area contributed by atoms with Gasteiger partial charge in [-0.1, -0.05) is 30.3 Å². The molecule has 2 aromatic heterocycles. The molecule has 0 amide bonds. The van der Waals surface area contributed by atoms with Crippen LogP contribution in [0.4, 0.5) is 5.82 Å². The van der Waals surface area contributed by atoms with Crippen molar-refractivity contribution < 1.29 is 0 Å². The van der Waals surface area contributed by atoms with Crippen molar-refractivity contribution in [2.24, 2.45) is 5.10 Å². The Morgan fingerprint density at radius 3 is 2.65 bits per heavy atom. The van der Waals surface area contributed by atoms with Crippen LogP contribution in [-0.4, -0.2) is 15.7 Å². The Morgan fingerprint density at radius 2 is 1.80 bits per heavy atom. The highest BCUT2D eigenvalue weighted by Crippen LogP contribution is 2.20. The molecule has 4 nitrogen and oxygen atoms in total. The van der Waals surface area contributed by atoms with Crippen molar-refractivity contribution in [3.05, 3.63) is 66.6 Å². The number of anilines is 1. The Labute approximate surface area is 117 Å². The van der Waals surface area contributed by atoms with E-state index >= 15 is 0 Å². The van der Waals surface area contributed by atoms with Gasteiger partial charge in [-0.15, -0.1) is 0 Å². The van der Waals surface area contributed by atoms with E-state index in [4.69, 9.17) is 0 Å². The van der Waals surface area contributed by atoms with Crippen LogP contribution in [0, 0.1) is 0 Å². The minimum atomic E-state index is 0.749. The van der Waals surface area contributed by atoms with Crippen LogP contribution in [0.15, 0.2) is 66.0 Å². The summed E-state index contributed by atoms with van der Waals surface area (Å²) >= 11 is 0. The van der Waals surface area contributed by atoms with Gasteiger partial charge in [0.15, 0.2) is 5.82 Å². The molecule has 0 spiro atoms. The summed E-state index contributed by atoms with van der Waals surface area (Å²) in [6.45, 7) is 1.92. The van der Waals surface area contributed by atoms with E-state index in [1.807, 2.05) is 49.4 Å². The van der Waals surface area contributed by atoms with Crippen molar-refractivity contribution in [2.75, 3.05) is 5.43 Å². The molecule has 1 aromatic carbocycles. The van der Waals surface area contributed by atoms with Crippen LogP contribution in [0.2, 0.25) is 0 Å². The lowest BCUT2D eigenvalue weighted by atomic mass is 10.2. The fraction of sp³-hybridized carbons (Fsp3) is 0.0625. The summed E-state index contributed by atoms with van der Waals surface area (Å²) in [5.41, 5.74) is 4.69. The van der Waals surface area contributed by atoms with Crippen LogP contribution in [0.5, 0.6) is 0 Å². The van der Waals surface area contributed by atoms with Crippen molar-refractivity contribution >= 4 is 22.3 Å². The standard InChI is InChI=1S/C16H14N4/c1-12(15-8-4-5-10-17-15)19-20-16-14-7-3-2-6-13(14)9-11-18-16/h2-11H,1H3,(H,18,20)/b19-12+. The smallest absolute Gasteiger partial charge is 0.154 e. The van der Waals surface area contributed by atoms with Gasteiger partial charge >= 0.3 is 0 Å². The Morgan fingerprint density at radius 1 is 0.950 bits per heavy atom. The summed E-state index contributed by atoms with van der Waals surface area (Å²) in [6.07, 6.45) is 3.53. The molecule has 0 aliphatic rings. The molecular formula is C16H14N4. The zero-order chi connectivity index (χ0) is 13.8. The lowest BCUT2D eigenvalue weighted by Crippen LogP contribution is -2.02. The molecule has 0 bridgehead atoms. The number of hydrazone groups is 1. The van der Waals surface area contributed by atoms with Gasteiger partial charge in [0, 0.05) is 17.8 Å². The van der Waals surface area contributed by atoms with Gasteiger partial charge in [0.25, 0.3) is 0 Å². The van der Waals surface area contributed by atoms with Gasteiger partial charge in [0.2, 0.25) is 0 Å². The number of benzene rings is 1. The molecule has 20 heavy (non-hydrogen) atoms. The predicted octanol–water partition coefficient (Wildman–Crippen LogP) is 3.47. The fourth-order valence-electron chi connectivity index (χ4n) is 1.98. The highest BCUT2D eigenvalue weighted by atomic mass is 15.3. The molecule has 2 heterocycles. The third-order valence-corrected chi connectivity index (χ3v) is 3.04. The molecule has 98 valence electrons. The van der Waals surface area contributed by atoms with E-state index in [0.29, 0.717) is 0 Å². The second-order valence-electron chi connectivity index (χ2n) is 4.40. The summed E-state index contributed by atoms with van der Waals surface area (Å²) in [5, 5.41) is 6.54. The van der Waals surface area contributed by atoms with Gasteiger partial charge in [0.05, 0.1) is 11.4 Å². The molecule has 0 fully saturated rings. The average Bonchev–Trinajstić information content (AvgIpc) is 2.53. The van der Waals surface area contributed by atoms with Gasteiger partial charge < -0.3 is 0 Å². The molecule has 0 aliphatic carbocycles. The minimum Gasteiger partial charge on any atom is -0.261 e. The molecule has 0 unspecified atom stereocenters. The maximum Gasteiger partial charge on any atom is 0.154 e. The number of nitrogens with one attached hydrogen (secondary N) is 1. The van der Waals surface area contributed by atoms with Crippen LogP contribution in [-0.2, 0) is 0 Å². The van der Waals surface area contributed by atoms with Crippen molar-refractivity contribution in [3.8, 4) is 0 Å². The number of hydrogen-bond donors (Lipinski definition) is 1. The first-order valence-corrected chi connectivity index (χ1v) is 6.40. The number of rotatable bonds is 3. The molecule has 3 aromatic rings. The van der Waals surface area contributed by atoms with Gasteiger partial charge in [0.1, 0.15) is 0 Å². The molecule has 0 atom stereocenters. The minimum absolute atomic E-state index is 0.749. The highest BCUT2D eigenvalue weighted by molar-refractivity contribution is 5.98. The van der Waals surface area contributed by atoms with Crippen molar-refractivity contribution in [2.45, 2.75) is 6.92 Å². The third kappa shape index (κ3) is 2.49. The van der Waals surface area contributed by atoms with E-state index in [9.17, 15) is 0 Å². The largest absolute Gasteiger partial charge is 0.261 e. The summed E-state index contributed by atoms with van der Waals surface area (Å²) < 4.78 is 0. The number of nitrogens with zero attached hydrogens (tertiary/aromatic N) is 3. The van der Waals surface area contributed by atoms with E-state index in [-0.39, 0.29) is 0 Å². The van der Waals surface area contributed by atoms with E-state index in [2.05, 4.69) is 26.6 Å². The first-order valence-electron chi connectivity index (χ1n) is 6.40. The number of hydrogen-bond acceptors (Lipinski definition) is 4. The van der Waals surface area contributed by atoms with Gasteiger partial charge in [-0.3, -0.25) is 10.4 Å². The quantitative estimate of drug-likeness (QED) is 0.581. The van der Waals surface area contributed by atoms with Gasteiger partial charge in [-0.2, -0.15) is 5.10 Å². The van der Waals surface area contributed by atoms with Crippen molar-refractivity contribution in [1.29, 1.82) is 0 Å². The van der Waals surface area contributed by atoms with Crippen molar-refractivity contribution in [1.82, 2.24) is 9.97 Å². The third-order valence-electron chi connectivity index (χ3n) is 3.04. The lowest BCUT2D eigenvalue weighted by Gasteiger charge is -2.05. The maximum atomic E-state index is 4.36. The average molecular weight is 262 g/mol. The predicted molar refractivity (Wildman–Crippen MR) is 81.8 cm³/mol. The molecule has 3 rings (SSSR count). The zero-order valence-electron chi connectivity index (χ0n) is 11.1. The van der Waals surface area contributed by atoms with Crippen LogP contribution >= 0.6 is 0 Å². The SMILES string of the molecule is C/C(=N\Nc1nccc2ccccc12)c1ccccn1. The first kappa shape index (κ1) is 12.3. The molecule has 0 radical (unpaired) electrons. The Kier molecular flexibility index (Phi) is 3.37. The van der Waals surface area contributed by atoms with E-state index in [0.717, 1.165) is 28.0 Å². The van der Waals surface area contributed by atoms with E-state index in [1.165, 1.54) is 0 Å². The number of pyridine rings is 2. The summed E-state index contributed by atoms with van der Waals surface area (Å²) in [7, 11) is 0. The maximum absolute atomic E-state index is 4.36. The van der Waals surface area contributed by atoms with Gasteiger partial charge in [-0.05, 0) is 30.5 Å². The summed E-state index contributed by atoms with van der Waals surface area (Å²) in [6, 6.07) is 15.8. The van der Waals surface area contributed by atoms with E-state index < -0.39 is 0 Å². The highest BCUT2D eigenvalue weighted by Gasteiger charge is 2.01. The topological polar surface area (TPSA) is 50.2 Å². The Hall–Kier alpha value is -2.75. The second kappa shape index (κ2) is 5.48. The monoisotopic (exact) mass is 262 g/mol. The Balaban J connectivity index is 1.91. The molecule has 0 aliphatic heterocycles. The van der Waals surface area contributed by atoms with Crippen LogP contribution < -0.4 is 5.43 Å². The number of aromatic nitrogens is 2. The Bertz CT molecular complexity index is 745. The second-order valence-corrected chi connectivity index (χ2v) is 4.40. The van der Waals surface area contributed by atoms with Crippen LogP contribution in [0.3, 0.4) is 0 Å². The molecule has 0 saturated heterocycles. The summed E-state index contributed by atoms with van der Waals surface area (Å²) in [4.78, 5) is 8.60. The van der Waals surface area contributed by atoms with Gasteiger partial charge in [-0.25, -0.2) is 4.98 Å². The molecule has 1 N–H and O–H groups in total. The van der Waals surface area contributed by atoms with Crippen LogP contribution in [0.25, 0.3) is 10.8 Å². The molecule has 4 heteroatoms.